The summed E-state index contributed by atoms with van der Waals surface area (Å²) < 4.78 is 0. The van der Waals surface area contributed by atoms with Crippen LogP contribution in [0.5, 0.6) is 0 Å². The molecule has 16 heavy (non-hydrogen) atoms. The van der Waals surface area contributed by atoms with Gasteiger partial charge in [-0.25, -0.2) is 4.79 Å². The summed E-state index contributed by atoms with van der Waals surface area (Å²) in [5.74, 6) is -0.941. The standard InChI is InChI=1S/C11H13BClNO2/c1-6-8-2-3-14(12)5-7(8)4-9(13)10(6)11(15)16/h4H,2-3,5,12H2,1H3,(H,15,16). The SMILES string of the molecule is BN1CCc2c(cc(Cl)c(C(=O)O)c2C)C1. The second-order valence-electron chi connectivity index (χ2n) is 4.29. The minimum absolute atomic E-state index is 0.255. The highest BCUT2D eigenvalue weighted by atomic mass is 35.5. The molecule has 0 saturated carbocycles. The molecule has 3 nitrogen and oxygen atoms in total. The van der Waals surface area contributed by atoms with Gasteiger partial charge in [0.1, 0.15) is 0 Å². The summed E-state index contributed by atoms with van der Waals surface area (Å²) >= 11 is 6.01. The molecule has 0 aliphatic carbocycles. The fraction of sp³-hybridized carbons (Fsp3) is 0.364. The maximum absolute atomic E-state index is 11.1. The lowest BCUT2D eigenvalue weighted by molar-refractivity contribution is 0.0696. The number of carbonyl (C=O) groups is 1. The van der Waals surface area contributed by atoms with Crippen LogP contribution in [-0.4, -0.2) is 30.4 Å². The molecule has 0 fully saturated rings. The third-order valence-corrected chi connectivity index (χ3v) is 3.45. The van der Waals surface area contributed by atoms with Crippen molar-refractivity contribution in [1.29, 1.82) is 0 Å². The van der Waals surface area contributed by atoms with E-state index < -0.39 is 5.97 Å². The summed E-state index contributed by atoms with van der Waals surface area (Å²) in [7, 11) is 2.05. The Morgan fingerprint density at radius 3 is 2.94 bits per heavy atom. The topological polar surface area (TPSA) is 40.5 Å². The molecule has 5 heteroatoms. The molecular formula is C11H13BClNO2. The zero-order valence-electron chi connectivity index (χ0n) is 9.38. The van der Waals surface area contributed by atoms with Crippen molar-refractivity contribution in [2.24, 2.45) is 0 Å². The lowest BCUT2D eigenvalue weighted by Gasteiger charge is -2.27. The molecule has 2 rings (SSSR count). The normalized spacial score (nSPS) is 15.9. The monoisotopic (exact) mass is 237 g/mol. The van der Waals surface area contributed by atoms with Crippen LogP contribution in [0.4, 0.5) is 0 Å². The van der Waals surface area contributed by atoms with Crippen molar-refractivity contribution in [1.82, 2.24) is 4.81 Å². The number of carboxylic acids is 1. The van der Waals surface area contributed by atoms with Gasteiger partial charge in [0.05, 0.1) is 10.6 Å². The molecule has 1 aliphatic heterocycles. The van der Waals surface area contributed by atoms with Gasteiger partial charge in [-0.1, -0.05) is 11.6 Å². The van der Waals surface area contributed by atoms with Gasteiger partial charge < -0.3 is 9.92 Å². The van der Waals surface area contributed by atoms with E-state index in [0.717, 1.165) is 36.2 Å². The van der Waals surface area contributed by atoms with Gasteiger partial charge in [-0.3, -0.25) is 0 Å². The molecule has 1 aromatic rings. The van der Waals surface area contributed by atoms with Gasteiger partial charge in [-0.15, -0.1) is 0 Å². The molecule has 0 aromatic heterocycles. The van der Waals surface area contributed by atoms with Gasteiger partial charge in [0, 0.05) is 6.54 Å². The van der Waals surface area contributed by atoms with E-state index in [1.54, 1.807) is 6.07 Å². The third kappa shape index (κ3) is 1.83. The molecule has 0 saturated heterocycles. The van der Waals surface area contributed by atoms with Crippen LogP contribution >= 0.6 is 11.6 Å². The van der Waals surface area contributed by atoms with Crippen molar-refractivity contribution in [2.45, 2.75) is 19.9 Å². The minimum Gasteiger partial charge on any atom is -0.478 e. The van der Waals surface area contributed by atoms with Gasteiger partial charge in [0.15, 0.2) is 7.98 Å². The Morgan fingerprint density at radius 1 is 1.62 bits per heavy atom. The number of rotatable bonds is 1. The molecule has 0 spiro atoms. The van der Waals surface area contributed by atoms with Gasteiger partial charge in [0.25, 0.3) is 0 Å². The lowest BCUT2D eigenvalue weighted by atomic mass is 9.90. The lowest BCUT2D eigenvalue weighted by Crippen LogP contribution is -2.29. The number of hydrogen-bond acceptors (Lipinski definition) is 2. The smallest absolute Gasteiger partial charge is 0.337 e. The van der Waals surface area contributed by atoms with Crippen LogP contribution < -0.4 is 0 Å². The maximum Gasteiger partial charge on any atom is 0.337 e. The molecule has 0 atom stereocenters. The summed E-state index contributed by atoms with van der Waals surface area (Å²) in [4.78, 5) is 13.3. The quantitative estimate of drug-likeness (QED) is 0.748. The summed E-state index contributed by atoms with van der Waals surface area (Å²) in [5.41, 5.74) is 3.38. The van der Waals surface area contributed by atoms with Crippen LogP contribution in [0.2, 0.25) is 5.02 Å². The fourth-order valence-corrected chi connectivity index (χ4v) is 2.66. The molecule has 0 bridgehead atoms. The van der Waals surface area contributed by atoms with Crippen molar-refractivity contribution >= 4 is 25.6 Å². The van der Waals surface area contributed by atoms with Gasteiger partial charge in [0.2, 0.25) is 0 Å². The Morgan fingerprint density at radius 2 is 2.31 bits per heavy atom. The number of fused-ring (bicyclic) bond motifs is 1. The summed E-state index contributed by atoms with van der Waals surface area (Å²) in [6.45, 7) is 3.66. The van der Waals surface area contributed by atoms with Crippen LogP contribution in [0.15, 0.2) is 6.07 Å². The highest BCUT2D eigenvalue weighted by molar-refractivity contribution is 6.33. The molecule has 84 valence electrons. The average Bonchev–Trinajstić information content (AvgIpc) is 2.15. The first kappa shape index (κ1) is 11.5. The molecule has 1 aliphatic rings. The van der Waals surface area contributed by atoms with Crippen molar-refractivity contribution in [3.8, 4) is 0 Å². The second kappa shape index (κ2) is 4.11. The summed E-state index contributed by atoms with van der Waals surface area (Å²) in [6.07, 6.45) is 0.898. The first-order chi connectivity index (χ1) is 7.50. The summed E-state index contributed by atoms with van der Waals surface area (Å²) in [6, 6.07) is 1.79. The highest BCUT2D eigenvalue weighted by Gasteiger charge is 2.21. The Hall–Kier alpha value is -0.995. The van der Waals surface area contributed by atoms with Gasteiger partial charge >= 0.3 is 5.97 Å². The van der Waals surface area contributed by atoms with E-state index in [1.807, 2.05) is 6.92 Å². The predicted molar refractivity (Wildman–Crippen MR) is 65.8 cm³/mol. The van der Waals surface area contributed by atoms with Crippen LogP contribution in [-0.2, 0) is 13.0 Å². The Labute approximate surface area is 100 Å². The Bertz CT molecular complexity index is 462. The molecule has 1 heterocycles. The van der Waals surface area contributed by atoms with Crippen molar-refractivity contribution in [3.05, 3.63) is 33.3 Å². The maximum atomic E-state index is 11.1. The minimum atomic E-state index is -0.941. The molecular weight excluding hydrogens is 224 g/mol. The van der Waals surface area contributed by atoms with E-state index in [9.17, 15) is 4.79 Å². The van der Waals surface area contributed by atoms with E-state index >= 15 is 0 Å². The van der Waals surface area contributed by atoms with E-state index in [2.05, 4.69) is 12.8 Å². The van der Waals surface area contributed by atoms with Crippen LogP contribution in [0.25, 0.3) is 0 Å². The number of benzene rings is 1. The average molecular weight is 237 g/mol. The molecule has 0 unspecified atom stereocenters. The number of halogens is 1. The van der Waals surface area contributed by atoms with Crippen molar-refractivity contribution in [2.75, 3.05) is 6.54 Å². The first-order valence-corrected chi connectivity index (χ1v) is 5.61. The fourth-order valence-electron chi connectivity index (χ4n) is 2.31. The molecule has 0 amide bonds. The van der Waals surface area contributed by atoms with Crippen LogP contribution in [0.3, 0.4) is 0 Å². The Kier molecular flexibility index (Phi) is 2.95. The van der Waals surface area contributed by atoms with Crippen LogP contribution in [0.1, 0.15) is 27.0 Å². The predicted octanol–water partition coefficient (Wildman–Crippen LogP) is 1.25. The number of aromatic carboxylic acids is 1. The van der Waals surface area contributed by atoms with Gasteiger partial charge in [-0.05, 0) is 42.6 Å². The van der Waals surface area contributed by atoms with E-state index in [4.69, 9.17) is 16.7 Å². The molecule has 0 radical (unpaired) electrons. The summed E-state index contributed by atoms with van der Waals surface area (Å²) in [5, 5.41) is 9.45. The molecule has 1 aromatic carbocycles. The Balaban J connectivity index is 2.59. The molecule has 1 N–H and O–H groups in total. The van der Waals surface area contributed by atoms with Crippen molar-refractivity contribution < 1.29 is 9.90 Å². The van der Waals surface area contributed by atoms with Crippen molar-refractivity contribution in [3.63, 3.8) is 0 Å². The number of carboxylic acid groups (broad SMARTS) is 1. The first-order valence-electron chi connectivity index (χ1n) is 5.23. The number of nitrogens with zero attached hydrogens (tertiary/aromatic N) is 1. The second-order valence-corrected chi connectivity index (χ2v) is 4.70. The zero-order valence-corrected chi connectivity index (χ0v) is 10.1. The third-order valence-electron chi connectivity index (χ3n) is 3.15. The largest absolute Gasteiger partial charge is 0.478 e. The van der Waals surface area contributed by atoms with E-state index in [0.29, 0.717) is 5.02 Å². The van der Waals surface area contributed by atoms with E-state index in [-0.39, 0.29) is 5.56 Å². The number of hydrogen-bond donors (Lipinski definition) is 1. The zero-order chi connectivity index (χ0) is 11.9. The van der Waals surface area contributed by atoms with E-state index in [1.165, 1.54) is 0 Å². The van der Waals surface area contributed by atoms with Crippen LogP contribution in [0, 0.1) is 6.92 Å². The highest BCUT2D eigenvalue weighted by Crippen LogP contribution is 2.30. The van der Waals surface area contributed by atoms with Gasteiger partial charge in [-0.2, -0.15) is 0 Å².